The van der Waals surface area contributed by atoms with Crippen LogP contribution < -0.4 is 5.32 Å². The van der Waals surface area contributed by atoms with Crippen LogP contribution in [-0.4, -0.2) is 61.2 Å². The molecule has 2 fully saturated rings. The second kappa shape index (κ2) is 6.17. The van der Waals surface area contributed by atoms with Gasteiger partial charge in [0.05, 0.1) is 0 Å². The summed E-state index contributed by atoms with van der Waals surface area (Å²) in [6.07, 6.45) is 5.54. The van der Waals surface area contributed by atoms with Gasteiger partial charge >= 0.3 is 0 Å². The number of nitrogens with zero attached hydrogens (tertiary/aromatic N) is 2. The Kier molecular flexibility index (Phi) is 4.83. The Bertz CT molecular complexity index is 224. The van der Waals surface area contributed by atoms with Gasteiger partial charge in [-0.2, -0.15) is 0 Å². The third kappa shape index (κ3) is 3.43. The molecule has 100 valence electrons. The van der Waals surface area contributed by atoms with Gasteiger partial charge in [-0.25, -0.2) is 0 Å². The normalized spacial score (nSPS) is 37.2. The van der Waals surface area contributed by atoms with Crippen molar-refractivity contribution in [1.82, 2.24) is 15.1 Å². The van der Waals surface area contributed by atoms with Crippen LogP contribution in [0.4, 0.5) is 0 Å². The lowest BCUT2D eigenvalue weighted by molar-refractivity contribution is 0.0538. The molecule has 0 aromatic heterocycles. The molecule has 3 nitrogen and oxygen atoms in total. The van der Waals surface area contributed by atoms with Crippen molar-refractivity contribution in [3.8, 4) is 0 Å². The van der Waals surface area contributed by atoms with Crippen molar-refractivity contribution in [2.24, 2.45) is 0 Å². The van der Waals surface area contributed by atoms with Gasteiger partial charge in [0, 0.05) is 37.8 Å². The van der Waals surface area contributed by atoms with Gasteiger partial charge in [0.25, 0.3) is 0 Å². The maximum absolute atomic E-state index is 3.60. The van der Waals surface area contributed by atoms with Gasteiger partial charge in [-0.05, 0) is 46.2 Å². The van der Waals surface area contributed by atoms with Gasteiger partial charge in [0.15, 0.2) is 0 Å². The molecule has 0 radical (unpaired) electrons. The summed E-state index contributed by atoms with van der Waals surface area (Å²) in [7, 11) is 2.25. The van der Waals surface area contributed by atoms with Crippen LogP contribution in [-0.2, 0) is 0 Å². The molecule has 1 atom stereocenters. The number of nitrogens with one attached hydrogen (secondary N) is 1. The Morgan fingerprint density at radius 1 is 1.12 bits per heavy atom. The highest BCUT2D eigenvalue weighted by Crippen LogP contribution is 2.24. The van der Waals surface area contributed by atoms with Gasteiger partial charge in [0.1, 0.15) is 0 Å². The van der Waals surface area contributed by atoms with Crippen molar-refractivity contribution in [1.29, 1.82) is 0 Å². The zero-order chi connectivity index (χ0) is 12.3. The molecule has 0 amide bonds. The van der Waals surface area contributed by atoms with Crippen LogP contribution in [0.2, 0.25) is 0 Å². The number of hydrogen-bond acceptors (Lipinski definition) is 3. The van der Waals surface area contributed by atoms with Crippen LogP contribution in [0.25, 0.3) is 0 Å². The summed E-state index contributed by atoms with van der Waals surface area (Å²) in [5.41, 5.74) is 0. The van der Waals surface area contributed by atoms with Crippen molar-refractivity contribution in [3.63, 3.8) is 0 Å². The van der Waals surface area contributed by atoms with E-state index in [0.29, 0.717) is 0 Å². The number of likely N-dealkylation sites (N-methyl/N-ethyl adjacent to an activating group) is 1. The lowest BCUT2D eigenvalue weighted by Crippen LogP contribution is -2.54. The van der Waals surface area contributed by atoms with Gasteiger partial charge in [-0.15, -0.1) is 0 Å². The molecule has 0 aromatic rings. The zero-order valence-electron chi connectivity index (χ0n) is 11.8. The Balaban J connectivity index is 1.77. The van der Waals surface area contributed by atoms with E-state index in [1.54, 1.807) is 0 Å². The van der Waals surface area contributed by atoms with Crippen molar-refractivity contribution in [2.45, 2.75) is 57.7 Å². The van der Waals surface area contributed by atoms with E-state index in [4.69, 9.17) is 0 Å². The summed E-state index contributed by atoms with van der Waals surface area (Å²) in [6, 6.07) is 2.39. The molecule has 1 saturated heterocycles. The molecule has 1 aliphatic heterocycles. The van der Waals surface area contributed by atoms with Gasteiger partial charge in [0.2, 0.25) is 0 Å². The fourth-order valence-electron chi connectivity index (χ4n) is 3.34. The Labute approximate surface area is 107 Å². The Morgan fingerprint density at radius 3 is 2.41 bits per heavy atom. The van der Waals surface area contributed by atoms with Crippen molar-refractivity contribution in [3.05, 3.63) is 0 Å². The average molecular weight is 239 g/mol. The summed E-state index contributed by atoms with van der Waals surface area (Å²) < 4.78 is 0. The van der Waals surface area contributed by atoms with E-state index in [-0.39, 0.29) is 0 Å². The van der Waals surface area contributed by atoms with E-state index in [1.807, 2.05) is 0 Å². The fraction of sp³-hybridized carbons (Fsp3) is 1.00. The van der Waals surface area contributed by atoms with Crippen molar-refractivity contribution in [2.75, 3.05) is 33.2 Å². The Hall–Kier alpha value is -0.120. The average Bonchev–Trinajstić information content (AvgIpc) is 2.34. The predicted molar refractivity (Wildman–Crippen MR) is 73.4 cm³/mol. The van der Waals surface area contributed by atoms with Crippen molar-refractivity contribution >= 4 is 0 Å². The third-order valence-electron chi connectivity index (χ3n) is 4.70. The highest BCUT2D eigenvalue weighted by Gasteiger charge is 2.29. The topological polar surface area (TPSA) is 18.5 Å². The third-order valence-corrected chi connectivity index (χ3v) is 4.70. The Morgan fingerprint density at radius 2 is 1.82 bits per heavy atom. The summed E-state index contributed by atoms with van der Waals surface area (Å²) in [5, 5.41) is 3.60. The summed E-state index contributed by atoms with van der Waals surface area (Å²) in [4.78, 5) is 5.23. The minimum Gasteiger partial charge on any atom is -0.314 e. The highest BCUT2D eigenvalue weighted by molar-refractivity contribution is 4.86. The van der Waals surface area contributed by atoms with Crippen LogP contribution >= 0.6 is 0 Å². The molecule has 1 heterocycles. The first kappa shape index (κ1) is 13.3. The van der Waals surface area contributed by atoms with E-state index < -0.39 is 0 Å². The molecular formula is C14H29N3. The van der Waals surface area contributed by atoms with Crippen LogP contribution in [0.5, 0.6) is 0 Å². The van der Waals surface area contributed by atoms with E-state index in [1.165, 1.54) is 45.3 Å². The summed E-state index contributed by atoms with van der Waals surface area (Å²) in [6.45, 7) is 9.49. The van der Waals surface area contributed by atoms with Gasteiger partial charge in [-0.1, -0.05) is 6.92 Å². The minimum atomic E-state index is 0.732. The molecule has 0 spiro atoms. The number of piperazine rings is 1. The molecule has 1 aliphatic carbocycles. The van der Waals surface area contributed by atoms with Crippen molar-refractivity contribution < 1.29 is 0 Å². The molecule has 17 heavy (non-hydrogen) atoms. The molecule has 1 N–H and O–H groups in total. The predicted octanol–water partition coefficient (Wildman–Crippen LogP) is 1.54. The SMILES string of the molecule is CCNC1CCC(N2CCN(C)C(C)C2)CC1. The number of rotatable bonds is 3. The second-order valence-electron chi connectivity index (χ2n) is 5.89. The van der Waals surface area contributed by atoms with Crippen LogP contribution in [0.15, 0.2) is 0 Å². The zero-order valence-corrected chi connectivity index (χ0v) is 11.8. The molecule has 2 rings (SSSR count). The lowest BCUT2D eigenvalue weighted by Gasteiger charge is -2.44. The molecule has 1 saturated carbocycles. The van der Waals surface area contributed by atoms with E-state index in [0.717, 1.165) is 24.7 Å². The smallest absolute Gasteiger partial charge is 0.0192 e. The molecule has 1 unspecified atom stereocenters. The first-order valence-electron chi connectivity index (χ1n) is 7.38. The van der Waals surface area contributed by atoms with Crippen LogP contribution in [0.3, 0.4) is 0 Å². The monoisotopic (exact) mass is 239 g/mol. The molecular weight excluding hydrogens is 210 g/mol. The van der Waals surface area contributed by atoms with Gasteiger partial charge in [-0.3, -0.25) is 4.90 Å². The minimum absolute atomic E-state index is 0.732. The molecule has 0 aromatic carbocycles. The number of hydrogen-bond donors (Lipinski definition) is 1. The second-order valence-corrected chi connectivity index (χ2v) is 5.89. The van der Waals surface area contributed by atoms with E-state index >= 15 is 0 Å². The van der Waals surface area contributed by atoms with E-state index in [2.05, 4.69) is 36.0 Å². The standard InChI is InChI=1S/C14H29N3/c1-4-15-13-5-7-14(8-6-13)17-10-9-16(3)12(2)11-17/h12-15H,4-11H2,1-3H3. The quantitative estimate of drug-likeness (QED) is 0.806. The van der Waals surface area contributed by atoms with Crippen LogP contribution in [0.1, 0.15) is 39.5 Å². The summed E-state index contributed by atoms with van der Waals surface area (Å²) >= 11 is 0. The first-order chi connectivity index (χ1) is 8.20. The molecule has 0 bridgehead atoms. The molecule has 3 heteroatoms. The molecule has 2 aliphatic rings. The van der Waals surface area contributed by atoms with Gasteiger partial charge < -0.3 is 10.2 Å². The largest absolute Gasteiger partial charge is 0.314 e. The fourth-order valence-corrected chi connectivity index (χ4v) is 3.34. The van der Waals surface area contributed by atoms with E-state index in [9.17, 15) is 0 Å². The lowest BCUT2D eigenvalue weighted by atomic mass is 9.89. The maximum Gasteiger partial charge on any atom is 0.0192 e. The highest BCUT2D eigenvalue weighted by atomic mass is 15.3. The van der Waals surface area contributed by atoms with Crippen LogP contribution in [0, 0.1) is 0 Å². The first-order valence-corrected chi connectivity index (χ1v) is 7.38. The maximum atomic E-state index is 3.60. The summed E-state index contributed by atoms with van der Waals surface area (Å²) in [5.74, 6) is 0.